The largest absolute Gasteiger partial charge is 0.389 e. The summed E-state index contributed by atoms with van der Waals surface area (Å²) in [6.45, 7) is 1.35. The van der Waals surface area contributed by atoms with E-state index in [1.807, 2.05) is 0 Å². The second-order valence-electron chi connectivity index (χ2n) is 2.57. The second-order valence-corrected chi connectivity index (χ2v) is 2.57. The van der Waals surface area contributed by atoms with E-state index < -0.39 is 18.4 Å². The van der Waals surface area contributed by atoms with Crippen LogP contribution in [0.2, 0.25) is 0 Å². The first-order chi connectivity index (χ1) is 5.33. The number of methoxy groups -OCH3 is 1. The molecule has 0 saturated heterocycles. The SMILES string of the molecule is COC(C)(CCC(F)(F)F)ON. The minimum atomic E-state index is -4.21. The lowest BCUT2D eigenvalue weighted by Crippen LogP contribution is -2.35. The van der Waals surface area contributed by atoms with Crippen molar-refractivity contribution in [2.45, 2.75) is 31.7 Å². The van der Waals surface area contributed by atoms with Crippen LogP contribution in [-0.4, -0.2) is 19.1 Å². The van der Waals surface area contributed by atoms with Gasteiger partial charge in [0.15, 0.2) is 5.79 Å². The molecule has 0 aliphatic heterocycles. The zero-order valence-electron chi connectivity index (χ0n) is 6.94. The molecule has 2 N–H and O–H groups in total. The van der Waals surface area contributed by atoms with Crippen molar-refractivity contribution in [2.24, 2.45) is 5.90 Å². The van der Waals surface area contributed by atoms with Gasteiger partial charge in [-0.2, -0.15) is 13.2 Å². The normalized spacial score (nSPS) is 17.5. The predicted octanol–water partition coefficient (Wildman–Crippen LogP) is 1.58. The predicted molar refractivity (Wildman–Crippen MR) is 36.0 cm³/mol. The van der Waals surface area contributed by atoms with Crippen molar-refractivity contribution < 1.29 is 22.7 Å². The van der Waals surface area contributed by atoms with Crippen LogP contribution in [0.1, 0.15) is 19.8 Å². The molecule has 0 fully saturated rings. The lowest BCUT2D eigenvalue weighted by atomic mass is 10.1. The summed E-state index contributed by atoms with van der Waals surface area (Å²) in [7, 11) is 1.24. The van der Waals surface area contributed by atoms with Gasteiger partial charge < -0.3 is 4.74 Å². The van der Waals surface area contributed by atoms with Crippen LogP contribution in [0.25, 0.3) is 0 Å². The maximum Gasteiger partial charge on any atom is 0.389 e. The van der Waals surface area contributed by atoms with Crippen molar-refractivity contribution in [1.82, 2.24) is 0 Å². The number of rotatable bonds is 4. The van der Waals surface area contributed by atoms with Crippen LogP contribution in [0, 0.1) is 0 Å². The minimum absolute atomic E-state index is 0.316. The van der Waals surface area contributed by atoms with E-state index in [1.54, 1.807) is 0 Å². The lowest BCUT2D eigenvalue weighted by molar-refractivity contribution is -0.234. The third-order valence-corrected chi connectivity index (χ3v) is 1.54. The first-order valence-corrected chi connectivity index (χ1v) is 3.33. The van der Waals surface area contributed by atoms with Crippen molar-refractivity contribution in [1.29, 1.82) is 0 Å². The van der Waals surface area contributed by atoms with E-state index in [0.717, 1.165) is 0 Å². The molecule has 1 unspecified atom stereocenters. The molecule has 0 heterocycles. The van der Waals surface area contributed by atoms with Gasteiger partial charge >= 0.3 is 6.18 Å². The van der Waals surface area contributed by atoms with Crippen molar-refractivity contribution in [3.8, 4) is 0 Å². The van der Waals surface area contributed by atoms with Gasteiger partial charge in [-0.1, -0.05) is 0 Å². The number of nitrogens with two attached hydrogens (primary N) is 1. The van der Waals surface area contributed by atoms with Gasteiger partial charge in [0.2, 0.25) is 0 Å². The van der Waals surface area contributed by atoms with Gasteiger partial charge in [-0.05, 0) is 6.92 Å². The molecule has 3 nitrogen and oxygen atoms in total. The van der Waals surface area contributed by atoms with E-state index in [1.165, 1.54) is 14.0 Å². The Labute approximate surface area is 68.6 Å². The molecule has 0 aromatic heterocycles. The Bertz CT molecular complexity index is 133. The van der Waals surface area contributed by atoms with Crippen LogP contribution in [0.3, 0.4) is 0 Å². The Hall–Kier alpha value is -0.330. The maximum atomic E-state index is 11.7. The first kappa shape index (κ1) is 11.7. The number of hydrogen-bond donors (Lipinski definition) is 1. The monoisotopic (exact) mass is 187 g/mol. The van der Waals surface area contributed by atoms with Crippen molar-refractivity contribution >= 4 is 0 Å². The Kier molecular flexibility index (Phi) is 3.95. The van der Waals surface area contributed by atoms with Gasteiger partial charge in [0.1, 0.15) is 0 Å². The van der Waals surface area contributed by atoms with Crippen LogP contribution >= 0.6 is 0 Å². The van der Waals surface area contributed by atoms with Crippen molar-refractivity contribution in [3.63, 3.8) is 0 Å². The summed E-state index contributed by atoms with van der Waals surface area (Å²) in [5.41, 5.74) is 0. The fourth-order valence-corrected chi connectivity index (χ4v) is 0.578. The van der Waals surface area contributed by atoms with Gasteiger partial charge in [-0.3, -0.25) is 4.84 Å². The zero-order chi connectivity index (χ0) is 9.83. The van der Waals surface area contributed by atoms with E-state index in [2.05, 4.69) is 9.57 Å². The number of alkyl halides is 3. The molecule has 0 radical (unpaired) electrons. The average molecular weight is 187 g/mol. The maximum absolute atomic E-state index is 11.7. The van der Waals surface area contributed by atoms with Crippen LogP contribution in [0.15, 0.2) is 0 Å². The van der Waals surface area contributed by atoms with Gasteiger partial charge in [0.25, 0.3) is 0 Å². The zero-order valence-corrected chi connectivity index (χ0v) is 6.94. The minimum Gasteiger partial charge on any atom is -0.352 e. The summed E-state index contributed by atoms with van der Waals surface area (Å²) < 4.78 is 39.8. The molecular formula is C6H12F3NO2. The first-order valence-electron chi connectivity index (χ1n) is 3.33. The van der Waals surface area contributed by atoms with Crippen LogP contribution in [-0.2, 0) is 9.57 Å². The highest BCUT2D eigenvalue weighted by Crippen LogP contribution is 2.27. The van der Waals surface area contributed by atoms with Crippen LogP contribution in [0.4, 0.5) is 13.2 Å². The Morgan fingerprint density at radius 3 is 2.00 bits per heavy atom. The van der Waals surface area contributed by atoms with Crippen LogP contribution < -0.4 is 5.90 Å². The number of hydrogen-bond acceptors (Lipinski definition) is 3. The second kappa shape index (κ2) is 4.06. The number of halogens is 3. The Morgan fingerprint density at radius 2 is 1.75 bits per heavy atom. The Morgan fingerprint density at radius 1 is 1.25 bits per heavy atom. The summed E-state index contributed by atoms with van der Waals surface area (Å²) in [6, 6.07) is 0. The fourth-order valence-electron chi connectivity index (χ4n) is 0.578. The molecule has 0 amide bonds. The molecule has 0 spiro atoms. The molecule has 0 rings (SSSR count). The third kappa shape index (κ3) is 4.53. The van der Waals surface area contributed by atoms with E-state index in [0.29, 0.717) is 0 Å². The topological polar surface area (TPSA) is 44.5 Å². The summed E-state index contributed by atoms with van der Waals surface area (Å²) >= 11 is 0. The van der Waals surface area contributed by atoms with E-state index >= 15 is 0 Å². The number of ether oxygens (including phenoxy) is 1. The van der Waals surface area contributed by atoms with Gasteiger partial charge in [-0.25, -0.2) is 5.90 Å². The standard InChI is InChI=1S/C6H12F3NO2/c1-5(11-2,12-10)3-4-6(7,8)9/h3-4,10H2,1-2H3. The molecule has 1 atom stereocenters. The molecule has 0 saturated carbocycles. The summed E-state index contributed by atoms with van der Waals surface area (Å²) in [4.78, 5) is 4.26. The van der Waals surface area contributed by atoms with Crippen molar-refractivity contribution in [3.05, 3.63) is 0 Å². The van der Waals surface area contributed by atoms with Crippen molar-refractivity contribution in [2.75, 3.05) is 7.11 Å². The molecule has 0 bridgehead atoms. The quantitative estimate of drug-likeness (QED) is 0.536. The van der Waals surface area contributed by atoms with Gasteiger partial charge in [0.05, 0.1) is 0 Å². The van der Waals surface area contributed by atoms with Gasteiger partial charge in [0, 0.05) is 20.0 Å². The Balaban J connectivity index is 3.89. The van der Waals surface area contributed by atoms with Gasteiger partial charge in [-0.15, -0.1) is 0 Å². The summed E-state index contributed by atoms with van der Waals surface area (Å²) in [5, 5.41) is 0. The lowest BCUT2D eigenvalue weighted by Gasteiger charge is -2.25. The summed E-state index contributed by atoms with van der Waals surface area (Å²) in [5.74, 6) is 3.40. The molecule has 74 valence electrons. The van der Waals surface area contributed by atoms with Crippen LogP contribution in [0.5, 0.6) is 0 Å². The van der Waals surface area contributed by atoms with E-state index in [9.17, 15) is 13.2 Å². The summed E-state index contributed by atoms with van der Waals surface area (Å²) in [6.07, 6.45) is -5.50. The highest BCUT2D eigenvalue weighted by Gasteiger charge is 2.33. The third-order valence-electron chi connectivity index (χ3n) is 1.54. The van der Waals surface area contributed by atoms with E-state index in [-0.39, 0.29) is 6.42 Å². The molecule has 6 heteroatoms. The smallest absolute Gasteiger partial charge is 0.352 e. The molecular weight excluding hydrogens is 175 g/mol. The molecule has 0 aliphatic carbocycles. The molecule has 12 heavy (non-hydrogen) atoms. The highest BCUT2D eigenvalue weighted by atomic mass is 19.4. The highest BCUT2D eigenvalue weighted by molar-refractivity contribution is 4.64. The molecule has 0 aromatic carbocycles. The average Bonchev–Trinajstić information content (AvgIpc) is 1.99. The fraction of sp³-hybridized carbons (Fsp3) is 1.00. The van der Waals surface area contributed by atoms with E-state index in [4.69, 9.17) is 5.90 Å². The molecule has 0 aromatic rings. The molecule has 0 aliphatic rings.